The summed E-state index contributed by atoms with van der Waals surface area (Å²) < 4.78 is 7.97. The average molecular weight is 494 g/mol. The third-order valence-corrected chi connectivity index (χ3v) is 5.34. The third-order valence-electron chi connectivity index (χ3n) is 4.67. The fourth-order valence-electron chi connectivity index (χ4n) is 3.13. The summed E-state index contributed by atoms with van der Waals surface area (Å²) in [5, 5.41) is 0.590. The minimum absolute atomic E-state index is 0.106. The number of fused-ring (bicyclic) bond motifs is 1. The first-order valence-electron chi connectivity index (χ1n) is 9.16. The molecule has 5 heteroatoms. The van der Waals surface area contributed by atoms with Gasteiger partial charge in [-0.1, -0.05) is 42.0 Å². The van der Waals surface area contributed by atoms with E-state index in [9.17, 15) is 4.79 Å². The van der Waals surface area contributed by atoms with Crippen LogP contribution in [0.3, 0.4) is 0 Å². The lowest BCUT2D eigenvalue weighted by Crippen LogP contribution is -2.22. The Morgan fingerprint density at radius 2 is 1.79 bits per heavy atom. The summed E-state index contributed by atoms with van der Waals surface area (Å²) >= 11 is 2.21. The van der Waals surface area contributed by atoms with Gasteiger partial charge in [0.05, 0.1) is 23.7 Å². The van der Waals surface area contributed by atoms with Gasteiger partial charge in [0.1, 0.15) is 11.6 Å². The van der Waals surface area contributed by atoms with Crippen molar-refractivity contribution in [1.82, 2.24) is 9.55 Å². The van der Waals surface area contributed by atoms with Crippen LogP contribution in [0.5, 0.6) is 5.75 Å². The lowest BCUT2D eigenvalue weighted by atomic mass is 10.1. The molecule has 0 spiro atoms. The van der Waals surface area contributed by atoms with E-state index in [2.05, 4.69) is 41.6 Å². The number of hydrogen-bond acceptors (Lipinski definition) is 3. The molecule has 0 aliphatic heterocycles. The van der Waals surface area contributed by atoms with Gasteiger partial charge in [0.2, 0.25) is 0 Å². The Morgan fingerprint density at radius 3 is 2.55 bits per heavy atom. The minimum Gasteiger partial charge on any atom is -0.497 e. The zero-order valence-electron chi connectivity index (χ0n) is 16.1. The van der Waals surface area contributed by atoms with Gasteiger partial charge < -0.3 is 4.74 Å². The maximum Gasteiger partial charge on any atom is 0.266 e. The first-order valence-corrected chi connectivity index (χ1v) is 10.2. The number of nitrogens with zero attached hydrogens (tertiary/aromatic N) is 2. The van der Waals surface area contributed by atoms with Crippen LogP contribution in [0.4, 0.5) is 0 Å². The van der Waals surface area contributed by atoms with Gasteiger partial charge in [0, 0.05) is 9.64 Å². The predicted molar refractivity (Wildman–Crippen MR) is 127 cm³/mol. The SMILES string of the molecule is COc1cccc(-n2c(/C=C/c3ccc(C)cc3)nc3ccc(I)cc3c2=O)c1. The van der Waals surface area contributed by atoms with E-state index in [0.29, 0.717) is 28.2 Å². The number of aromatic nitrogens is 2. The standard InChI is InChI=1S/C24H19IN2O2/c1-16-6-8-17(9-7-16)10-13-23-26-22-12-11-18(25)14-21(22)24(28)27(23)19-4-3-5-20(15-19)29-2/h3-15H,1-2H3/b13-10+. The van der Waals surface area contributed by atoms with Gasteiger partial charge >= 0.3 is 0 Å². The quantitative estimate of drug-likeness (QED) is 0.353. The normalized spacial score (nSPS) is 11.3. The van der Waals surface area contributed by atoms with Crippen molar-refractivity contribution < 1.29 is 4.74 Å². The molecule has 0 atom stereocenters. The predicted octanol–water partition coefficient (Wildman–Crippen LogP) is 5.48. The van der Waals surface area contributed by atoms with Crippen molar-refractivity contribution in [2.75, 3.05) is 7.11 Å². The van der Waals surface area contributed by atoms with Crippen LogP contribution in [-0.2, 0) is 0 Å². The summed E-state index contributed by atoms with van der Waals surface area (Å²) in [5.41, 5.74) is 3.54. The molecular weight excluding hydrogens is 475 g/mol. The van der Waals surface area contributed by atoms with Crippen molar-refractivity contribution in [3.63, 3.8) is 0 Å². The Hall–Kier alpha value is -2.93. The van der Waals surface area contributed by atoms with Crippen LogP contribution >= 0.6 is 22.6 Å². The van der Waals surface area contributed by atoms with Crippen LogP contribution < -0.4 is 10.3 Å². The van der Waals surface area contributed by atoms with Crippen LogP contribution in [0, 0.1) is 10.5 Å². The summed E-state index contributed by atoms with van der Waals surface area (Å²) in [6.07, 6.45) is 3.85. The maximum atomic E-state index is 13.4. The van der Waals surface area contributed by atoms with E-state index >= 15 is 0 Å². The van der Waals surface area contributed by atoms with E-state index < -0.39 is 0 Å². The molecular formula is C24H19IN2O2. The summed E-state index contributed by atoms with van der Waals surface area (Å²) in [4.78, 5) is 18.2. The highest BCUT2D eigenvalue weighted by atomic mass is 127. The van der Waals surface area contributed by atoms with Gasteiger partial charge in [-0.15, -0.1) is 0 Å². The van der Waals surface area contributed by atoms with E-state index in [0.717, 1.165) is 9.13 Å². The molecule has 0 saturated carbocycles. The van der Waals surface area contributed by atoms with E-state index in [1.165, 1.54) is 5.56 Å². The molecule has 144 valence electrons. The fraction of sp³-hybridized carbons (Fsp3) is 0.0833. The summed E-state index contributed by atoms with van der Waals surface area (Å²) in [5.74, 6) is 1.25. The Kier molecular flexibility index (Phi) is 5.49. The van der Waals surface area contributed by atoms with E-state index in [1.54, 1.807) is 11.7 Å². The second kappa shape index (κ2) is 8.21. The number of hydrogen-bond donors (Lipinski definition) is 0. The van der Waals surface area contributed by atoms with E-state index in [-0.39, 0.29) is 5.56 Å². The molecule has 0 saturated heterocycles. The van der Waals surface area contributed by atoms with Crippen molar-refractivity contribution in [2.45, 2.75) is 6.92 Å². The summed E-state index contributed by atoms with van der Waals surface area (Å²) in [6.45, 7) is 2.06. The molecule has 3 aromatic carbocycles. The molecule has 29 heavy (non-hydrogen) atoms. The zero-order chi connectivity index (χ0) is 20.4. The molecule has 0 fully saturated rings. The fourth-order valence-corrected chi connectivity index (χ4v) is 3.63. The van der Waals surface area contributed by atoms with Crippen molar-refractivity contribution in [3.05, 3.63) is 97.6 Å². The second-order valence-corrected chi connectivity index (χ2v) is 7.96. The molecule has 0 bridgehead atoms. The van der Waals surface area contributed by atoms with Gasteiger partial charge in [-0.05, 0) is 71.5 Å². The van der Waals surface area contributed by atoms with Crippen molar-refractivity contribution in [2.24, 2.45) is 0 Å². The minimum atomic E-state index is -0.106. The van der Waals surface area contributed by atoms with Crippen molar-refractivity contribution in [3.8, 4) is 11.4 Å². The smallest absolute Gasteiger partial charge is 0.266 e. The number of methoxy groups -OCH3 is 1. The van der Waals surface area contributed by atoms with Crippen LogP contribution in [0.1, 0.15) is 17.0 Å². The Morgan fingerprint density at radius 1 is 1.00 bits per heavy atom. The van der Waals surface area contributed by atoms with E-state index in [1.807, 2.05) is 66.7 Å². The van der Waals surface area contributed by atoms with Gasteiger partial charge in [-0.25, -0.2) is 4.98 Å². The first kappa shape index (κ1) is 19.4. The van der Waals surface area contributed by atoms with Crippen molar-refractivity contribution in [1.29, 1.82) is 0 Å². The molecule has 0 unspecified atom stereocenters. The number of ether oxygens (including phenoxy) is 1. The van der Waals surface area contributed by atoms with Gasteiger partial charge in [0.15, 0.2) is 0 Å². The Balaban J connectivity index is 1.94. The molecule has 0 aliphatic rings. The number of halogens is 1. The number of benzene rings is 3. The molecule has 0 amide bonds. The maximum absolute atomic E-state index is 13.4. The molecule has 0 N–H and O–H groups in total. The topological polar surface area (TPSA) is 44.1 Å². The molecule has 4 aromatic rings. The van der Waals surface area contributed by atoms with Crippen LogP contribution in [0.2, 0.25) is 0 Å². The molecule has 1 heterocycles. The number of aryl methyl sites for hydroxylation is 1. The summed E-state index contributed by atoms with van der Waals surface area (Å²) in [7, 11) is 1.61. The monoisotopic (exact) mass is 494 g/mol. The molecule has 0 radical (unpaired) electrons. The number of rotatable bonds is 4. The average Bonchev–Trinajstić information content (AvgIpc) is 2.74. The lowest BCUT2D eigenvalue weighted by molar-refractivity contribution is 0.414. The van der Waals surface area contributed by atoms with Crippen LogP contribution in [0.25, 0.3) is 28.7 Å². The highest BCUT2D eigenvalue weighted by Gasteiger charge is 2.12. The zero-order valence-corrected chi connectivity index (χ0v) is 18.3. The van der Waals surface area contributed by atoms with Crippen LogP contribution in [0.15, 0.2) is 71.5 Å². The highest BCUT2D eigenvalue weighted by Crippen LogP contribution is 2.20. The van der Waals surface area contributed by atoms with Gasteiger partial charge in [-0.3, -0.25) is 9.36 Å². The summed E-state index contributed by atoms with van der Waals surface area (Å²) in [6, 6.07) is 21.4. The molecule has 4 rings (SSSR count). The molecule has 0 aliphatic carbocycles. The van der Waals surface area contributed by atoms with E-state index in [4.69, 9.17) is 9.72 Å². The molecule has 4 nitrogen and oxygen atoms in total. The Bertz CT molecular complexity index is 1270. The highest BCUT2D eigenvalue weighted by molar-refractivity contribution is 14.1. The largest absolute Gasteiger partial charge is 0.497 e. The third kappa shape index (κ3) is 4.10. The van der Waals surface area contributed by atoms with Gasteiger partial charge in [-0.2, -0.15) is 0 Å². The second-order valence-electron chi connectivity index (χ2n) is 6.72. The molecule has 1 aromatic heterocycles. The first-order chi connectivity index (χ1) is 14.0. The van der Waals surface area contributed by atoms with Gasteiger partial charge in [0.25, 0.3) is 5.56 Å². The van der Waals surface area contributed by atoms with Crippen LogP contribution in [-0.4, -0.2) is 16.7 Å². The Labute approximate surface area is 182 Å². The van der Waals surface area contributed by atoms with Crippen molar-refractivity contribution >= 4 is 45.6 Å². The lowest BCUT2D eigenvalue weighted by Gasteiger charge is -2.12.